The second-order valence-corrected chi connectivity index (χ2v) is 14.8. The zero-order valence-electron chi connectivity index (χ0n) is 32.3. The fourth-order valence-electron chi connectivity index (χ4n) is 7.42. The highest BCUT2D eigenvalue weighted by Gasteiger charge is 2.22. The molecule has 0 radical (unpaired) electrons. The van der Waals surface area contributed by atoms with Crippen LogP contribution in [0.5, 0.6) is 0 Å². The van der Waals surface area contributed by atoms with E-state index >= 15 is 0 Å². The fraction of sp³-hybridized carbons (Fsp3) is 0.327. The van der Waals surface area contributed by atoms with Gasteiger partial charge in [0.05, 0.1) is 29.4 Å². The molecule has 0 amide bonds. The predicted octanol–water partition coefficient (Wildman–Crippen LogP) is 14.7. The van der Waals surface area contributed by atoms with Crippen molar-refractivity contribution in [1.82, 2.24) is 0 Å². The summed E-state index contributed by atoms with van der Waals surface area (Å²) in [4.78, 5) is 11.1. The molecular weight excluding hydrogens is 677 g/mol. The zero-order valence-corrected chi connectivity index (χ0v) is 32.3. The van der Waals surface area contributed by atoms with Gasteiger partial charge in [0.2, 0.25) is 0 Å². The Morgan fingerprint density at radius 2 is 1.05 bits per heavy atom. The van der Waals surface area contributed by atoms with Gasteiger partial charge in [-0.1, -0.05) is 118 Å². The molecule has 0 saturated heterocycles. The van der Waals surface area contributed by atoms with E-state index in [1.54, 1.807) is 0 Å². The van der Waals surface area contributed by atoms with Crippen LogP contribution in [0.3, 0.4) is 0 Å². The molecule has 0 bridgehead atoms. The van der Waals surface area contributed by atoms with Crippen LogP contribution >= 0.6 is 0 Å². The molecule has 0 aliphatic heterocycles. The van der Waals surface area contributed by atoms with Crippen molar-refractivity contribution in [3.63, 3.8) is 0 Å². The maximum atomic E-state index is 11.1. The number of esters is 1. The number of hydrogen-bond acceptors (Lipinski definition) is 6. The lowest BCUT2D eigenvalue weighted by atomic mass is 9.77. The van der Waals surface area contributed by atoms with E-state index in [4.69, 9.17) is 4.74 Å². The average molecular weight is 731 g/mol. The normalized spacial score (nSPS) is 15.7. The van der Waals surface area contributed by atoms with Crippen LogP contribution in [0.2, 0.25) is 0 Å². The van der Waals surface area contributed by atoms with Gasteiger partial charge in [0, 0.05) is 6.08 Å². The summed E-state index contributed by atoms with van der Waals surface area (Å²) in [6.45, 7) is 6.13. The molecule has 5 aromatic rings. The first kappa shape index (κ1) is 39.2. The summed E-state index contributed by atoms with van der Waals surface area (Å²) in [6.07, 6.45) is 15.4. The van der Waals surface area contributed by atoms with Gasteiger partial charge >= 0.3 is 5.97 Å². The van der Waals surface area contributed by atoms with Gasteiger partial charge in [-0.3, -0.25) is 0 Å². The van der Waals surface area contributed by atoms with E-state index in [9.17, 15) is 4.79 Å². The van der Waals surface area contributed by atoms with Gasteiger partial charge in [-0.15, -0.1) is 0 Å². The Labute approximate surface area is 327 Å². The van der Waals surface area contributed by atoms with Gasteiger partial charge in [0.1, 0.15) is 0 Å². The number of nitrogens with zero attached hydrogens (tertiary/aromatic N) is 4. The van der Waals surface area contributed by atoms with E-state index < -0.39 is 0 Å². The second kappa shape index (κ2) is 20.8. The molecule has 282 valence electrons. The minimum absolute atomic E-state index is 0.319. The van der Waals surface area contributed by atoms with Crippen LogP contribution in [-0.4, -0.2) is 12.6 Å². The highest BCUT2D eigenvalue weighted by atomic mass is 16.5. The summed E-state index contributed by atoms with van der Waals surface area (Å²) in [6, 6.07) is 42.4. The smallest absolute Gasteiger partial charge is 0.330 e. The van der Waals surface area contributed by atoms with Gasteiger partial charge < -0.3 is 4.74 Å². The van der Waals surface area contributed by atoms with Gasteiger partial charge in [0.25, 0.3) is 0 Å². The molecule has 5 aromatic carbocycles. The molecule has 1 fully saturated rings. The minimum atomic E-state index is -0.319. The van der Waals surface area contributed by atoms with Crippen molar-refractivity contribution < 1.29 is 9.53 Å². The number of carbonyl (C=O) groups excluding carboxylic acids is 1. The van der Waals surface area contributed by atoms with E-state index in [-0.39, 0.29) is 5.97 Å². The molecule has 0 heterocycles. The first-order valence-corrected chi connectivity index (χ1v) is 20.1. The lowest BCUT2D eigenvalue weighted by Gasteiger charge is -2.29. The number of hydrogen-bond donors (Lipinski definition) is 0. The number of azo groups is 2. The molecule has 0 unspecified atom stereocenters. The topological polar surface area (TPSA) is 75.7 Å². The van der Waals surface area contributed by atoms with E-state index in [0.29, 0.717) is 12.5 Å². The predicted molar refractivity (Wildman–Crippen MR) is 225 cm³/mol. The molecule has 1 saturated carbocycles. The van der Waals surface area contributed by atoms with Gasteiger partial charge in [0.15, 0.2) is 0 Å². The summed E-state index contributed by atoms with van der Waals surface area (Å²) in [5, 5.41) is 17.6. The maximum absolute atomic E-state index is 11.1. The summed E-state index contributed by atoms with van der Waals surface area (Å²) in [5.74, 6) is 1.21. The number of unbranched alkanes of at least 4 members (excludes halogenated alkanes) is 3. The number of carbonyl (C=O) groups is 1. The van der Waals surface area contributed by atoms with Crippen molar-refractivity contribution in [2.75, 3.05) is 6.61 Å². The Kier molecular flexibility index (Phi) is 14.8. The molecule has 1 aliphatic rings. The number of ether oxygens (including phenoxy) is 1. The second-order valence-electron chi connectivity index (χ2n) is 14.8. The van der Waals surface area contributed by atoms with Crippen molar-refractivity contribution >= 4 is 28.7 Å². The highest BCUT2D eigenvalue weighted by Crippen LogP contribution is 2.38. The summed E-state index contributed by atoms with van der Waals surface area (Å²) in [5.41, 5.74) is 11.1. The quantitative estimate of drug-likeness (QED) is 0.0389. The maximum Gasteiger partial charge on any atom is 0.330 e. The Bertz CT molecular complexity index is 1970. The molecule has 1 aliphatic carbocycles. The molecule has 0 N–H and O–H groups in total. The van der Waals surface area contributed by atoms with E-state index in [2.05, 4.69) is 107 Å². The van der Waals surface area contributed by atoms with Crippen molar-refractivity contribution in [3.05, 3.63) is 156 Å². The van der Waals surface area contributed by atoms with Crippen molar-refractivity contribution in [2.24, 2.45) is 26.4 Å². The van der Waals surface area contributed by atoms with Crippen LogP contribution in [0.4, 0.5) is 22.7 Å². The number of rotatable bonds is 18. The average Bonchev–Trinajstić information content (AvgIpc) is 3.24. The molecule has 6 heteroatoms. The van der Waals surface area contributed by atoms with Crippen LogP contribution in [0, 0.1) is 5.92 Å². The fourth-order valence-corrected chi connectivity index (χ4v) is 7.42. The Morgan fingerprint density at radius 3 is 1.56 bits per heavy atom. The SMILES string of the molecule is C=CC(=O)OCCCCCCC1CCC(c2ccc(-c3ccc(Cc4ccc(N=Nc5ccc(N=Nc6ccc(CCC)cc6)cc5)cc4)cc3)cc2)CC1. The third-order valence-corrected chi connectivity index (χ3v) is 10.7. The van der Waals surface area contributed by atoms with Crippen LogP contribution in [0.1, 0.15) is 99.3 Å². The molecule has 6 nitrogen and oxygen atoms in total. The monoisotopic (exact) mass is 730 g/mol. The first-order valence-electron chi connectivity index (χ1n) is 20.1. The largest absolute Gasteiger partial charge is 0.463 e. The molecule has 0 atom stereocenters. The lowest BCUT2D eigenvalue weighted by molar-refractivity contribution is -0.137. The van der Waals surface area contributed by atoms with E-state index in [0.717, 1.165) is 60.8 Å². The van der Waals surface area contributed by atoms with E-state index in [1.165, 1.54) is 84.4 Å². The standard InChI is InChI=1S/C49H54N4O2/c1-3-9-37-15-27-45(28-16-37)50-52-47-31-33-48(34-32-47)53-51-46-29-17-40(18-30-46)36-39-13-21-42(22-14-39)44-25-23-43(24-26-44)41-19-11-38(12-20-41)10-7-5-6-8-35-55-49(54)4-2/h4,13-18,21-34,38,41H,2-3,5-12,19-20,35-36H2,1H3. The molecule has 55 heavy (non-hydrogen) atoms. The van der Waals surface area contributed by atoms with Crippen LogP contribution in [0.25, 0.3) is 11.1 Å². The van der Waals surface area contributed by atoms with Gasteiger partial charge in [-0.25, -0.2) is 4.79 Å². The molecule has 0 aromatic heterocycles. The van der Waals surface area contributed by atoms with Crippen molar-refractivity contribution in [2.45, 2.75) is 89.9 Å². The third kappa shape index (κ3) is 12.5. The van der Waals surface area contributed by atoms with Crippen LogP contribution in [-0.2, 0) is 22.4 Å². The Balaban J connectivity index is 0.909. The minimum Gasteiger partial charge on any atom is -0.463 e. The van der Waals surface area contributed by atoms with Crippen LogP contribution < -0.4 is 0 Å². The lowest BCUT2D eigenvalue weighted by Crippen LogP contribution is -2.13. The van der Waals surface area contributed by atoms with Crippen LogP contribution in [0.15, 0.2) is 154 Å². The third-order valence-electron chi connectivity index (χ3n) is 10.7. The van der Waals surface area contributed by atoms with E-state index in [1.807, 2.05) is 48.5 Å². The highest BCUT2D eigenvalue weighted by molar-refractivity contribution is 5.81. The molecule has 0 spiro atoms. The van der Waals surface area contributed by atoms with Gasteiger partial charge in [-0.05, 0) is 139 Å². The van der Waals surface area contributed by atoms with Crippen molar-refractivity contribution in [3.8, 4) is 11.1 Å². The first-order chi connectivity index (χ1) is 27.0. The number of benzene rings is 5. The Morgan fingerprint density at radius 1 is 0.600 bits per heavy atom. The summed E-state index contributed by atoms with van der Waals surface area (Å²) >= 11 is 0. The summed E-state index contributed by atoms with van der Waals surface area (Å²) < 4.78 is 5.07. The molecule has 6 rings (SSSR count). The number of aryl methyl sites for hydroxylation is 1. The zero-order chi connectivity index (χ0) is 38.1. The Hall–Kier alpha value is -5.49. The van der Waals surface area contributed by atoms with Gasteiger partial charge in [-0.2, -0.15) is 20.5 Å². The van der Waals surface area contributed by atoms with Crippen molar-refractivity contribution in [1.29, 1.82) is 0 Å². The summed E-state index contributed by atoms with van der Waals surface area (Å²) in [7, 11) is 0. The molecular formula is C49H54N4O2.